The molecule has 3 heteroatoms. The van der Waals surface area contributed by atoms with E-state index in [1.165, 1.54) is 32.1 Å². The third-order valence-electron chi connectivity index (χ3n) is 3.99. The highest BCUT2D eigenvalue weighted by Gasteiger charge is 2.29. The lowest BCUT2D eigenvalue weighted by molar-refractivity contribution is -0.150. The SMILES string of the molecule is NC1CCC(C(=O)OCC2CCCCC2)C1. The Morgan fingerprint density at radius 1 is 1.12 bits per heavy atom. The van der Waals surface area contributed by atoms with Gasteiger partial charge in [0.15, 0.2) is 0 Å². The van der Waals surface area contributed by atoms with Crippen LogP contribution in [0, 0.1) is 11.8 Å². The van der Waals surface area contributed by atoms with Crippen LogP contribution in [-0.4, -0.2) is 18.6 Å². The van der Waals surface area contributed by atoms with E-state index >= 15 is 0 Å². The summed E-state index contributed by atoms with van der Waals surface area (Å²) < 4.78 is 5.42. The predicted octanol–water partition coefficient (Wildman–Crippen LogP) is 2.24. The van der Waals surface area contributed by atoms with Gasteiger partial charge in [-0.1, -0.05) is 19.3 Å². The number of esters is 1. The molecule has 2 unspecified atom stereocenters. The van der Waals surface area contributed by atoms with Gasteiger partial charge >= 0.3 is 5.97 Å². The van der Waals surface area contributed by atoms with Crippen LogP contribution >= 0.6 is 0 Å². The van der Waals surface area contributed by atoms with E-state index in [-0.39, 0.29) is 17.9 Å². The minimum atomic E-state index is -0.00137. The van der Waals surface area contributed by atoms with Crippen LogP contribution in [-0.2, 0) is 9.53 Å². The highest BCUT2D eigenvalue weighted by Crippen LogP contribution is 2.27. The lowest BCUT2D eigenvalue weighted by Gasteiger charge is -2.21. The number of hydrogen-bond acceptors (Lipinski definition) is 3. The molecule has 0 radical (unpaired) electrons. The summed E-state index contributed by atoms with van der Waals surface area (Å²) in [6.45, 7) is 0.643. The number of rotatable bonds is 3. The van der Waals surface area contributed by atoms with Gasteiger partial charge in [0.1, 0.15) is 0 Å². The highest BCUT2D eigenvalue weighted by molar-refractivity contribution is 5.72. The van der Waals surface area contributed by atoms with E-state index in [1.807, 2.05) is 0 Å². The van der Waals surface area contributed by atoms with E-state index in [2.05, 4.69) is 0 Å². The molecule has 2 aliphatic rings. The maximum absolute atomic E-state index is 11.8. The Hall–Kier alpha value is -0.570. The fraction of sp³-hybridized carbons (Fsp3) is 0.923. The van der Waals surface area contributed by atoms with Crippen LogP contribution in [0.4, 0.5) is 0 Å². The lowest BCUT2D eigenvalue weighted by Crippen LogP contribution is -2.22. The van der Waals surface area contributed by atoms with Crippen LogP contribution in [0.2, 0.25) is 0 Å². The molecule has 2 saturated carbocycles. The molecule has 0 bridgehead atoms. The molecule has 16 heavy (non-hydrogen) atoms. The molecule has 2 fully saturated rings. The Bertz CT molecular complexity index is 236. The van der Waals surface area contributed by atoms with Crippen molar-refractivity contribution in [2.24, 2.45) is 17.6 Å². The van der Waals surface area contributed by atoms with Gasteiger partial charge < -0.3 is 10.5 Å². The zero-order valence-electron chi connectivity index (χ0n) is 9.99. The number of ether oxygens (including phenoxy) is 1. The number of carbonyl (C=O) groups is 1. The molecule has 0 aliphatic heterocycles. The molecule has 0 heterocycles. The van der Waals surface area contributed by atoms with Crippen molar-refractivity contribution in [1.82, 2.24) is 0 Å². The minimum Gasteiger partial charge on any atom is -0.465 e. The lowest BCUT2D eigenvalue weighted by atomic mass is 9.90. The third-order valence-corrected chi connectivity index (χ3v) is 3.99. The fourth-order valence-electron chi connectivity index (χ4n) is 2.90. The molecule has 92 valence electrons. The summed E-state index contributed by atoms with van der Waals surface area (Å²) in [5, 5.41) is 0. The van der Waals surface area contributed by atoms with E-state index in [0.717, 1.165) is 19.3 Å². The Kier molecular flexibility index (Phi) is 4.22. The van der Waals surface area contributed by atoms with Gasteiger partial charge in [-0.05, 0) is 38.0 Å². The van der Waals surface area contributed by atoms with Gasteiger partial charge in [-0.25, -0.2) is 0 Å². The van der Waals surface area contributed by atoms with Crippen molar-refractivity contribution >= 4 is 5.97 Å². The van der Waals surface area contributed by atoms with Gasteiger partial charge in [0.2, 0.25) is 0 Å². The summed E-state index contributed by atoms with van der Waals surface area (Å²) >= 11 is 0. The second-order valence-corrected chi connectivity index (χ2v) is 5.40. The molecule has 2 atom stereocenters. The molecule has 0 aromatic heterocycles. The molecule has 0 saturated heterocycles. The molecular weight excluding hydrogens is 202 g/mol. The van der Waals surface area contributed by atoms with Crippen LogP contribution in [0.25, 0.3) is 0 Å². The van der Waals surface area contributed by atoms with E-state index < -0.39 is 0 Å². The van der Waals surface area contributed by atoms with Crippen molar-refractivity contribution in [2.45, 2.75) is 57.4 Å². The molecule has 0 spiro atoms. The summed E-state index contributed by atoms with van der Waals surface area (Å²) in [5.74, 6) is 0.699. The summed E-state index contributed by atoms with van der Waals surface area (Å²) in [7, 11) is 0. The smallest absolute Gasteiger partial charge is 0.308 e. The van der Waals surface area contributed by atoms with Gasteiger partial charge in [0.25, 0.3) is 0 Å². The number of carbonyl (C=O) groups excluding carboxylic acids is 1. The number of hydrogen-bond donors (Lipinski definition) is 1. The van der Waals surface area contributed by atoms with E-state index in [9.17, 15) is 4.79 Å². The maximum atomic E-state index is 11.8. The zero-order valence-corrected chi connectivity index (χ0v) is 9.99. The standard InChI is InChI=1S/C13H23NO2/c14-12-7-6-11(8-12)13(15)16-9-10-4-2-1-3-5-10/h10-12H,1-9,14H2. The van der Waals surface area contributed by atoms with Gasteiger partial charge in [-0.2, -0.15) is 0 Å². The third kappa shape index (κ3) is 3.21. The molecule has 2 rings (SSSR count). The van der Waals surface area contributed by atoms with Crippen molar-refractivity contribution in [2.75, 3.05) is 6.61 Å². The quantitative estimate of drug-likeness (QED) is 0.749. The van der Waals surface area contributed by atoms with Crippen molar-refractivity contribution in [3.8, 4) is 0 Å². The van der Waals surface area contributed by atoms with Crippen molar-refractivity contribution < 1.29 is 9.53 Å². The average Bonchev–Trinajstić information content (AvgIpc) is 2.74. The zero-order chi connectivity index (χ0) is 11.4. The Morgan fingerprint density at radius 2 is 1.88 bits per heavy atom. The molecule has 0 aromatic carbocycles. The summed E-state index contributed by atoms with van der Waals surface area (Å²) in [6.07, 6.45) is 9.14. The molecule has 2 aliphatic carbocycles. The van der Waals surface area contributed by atoms with Crippen LogP contribution in [0.1, 0.15) is 51.4 Å². The van der Waals surface area contributed by atoms with Gasteiger partial charge in [0, 0.05) is 6.04 Å². The summed E-state index contributed by atoms with van der Waals surface area (Å²) in [4.78, 5) is 11.8. The topological polar surface area (TPSA) is 52.3 Å². The van der Waals surface area contributed by atoms with Crippen LogP contribution in [0.5, 0.6) is 0 Å². The van der Waals surface area contributed by atoms with Crippen molar-refractivity contribution in [3.63, 3.8) is 0 Å². The fourth-order valence-corrected chi connectivity index (χ4v) is 2.90. The highest BCUT2D eigenvalue weighted by atomic mass is 16.5. The first-order valence-corrected chi connectivity index (χ1v) is 6.68. The Balaban J connectivity index is 1.67. The summed E-state index contributed by atoms with van der Waals surface area (Å²) in [6, 6.07) is 0.215. The molecule has 2 N–H and O–H groups in total. The first-order chi connectivity index (χ1) is 7.75. The first-order valence-electron chi connectivity index (χ1n) is 6.68. The molecule has 0 aromatic rings. The van der Waals surface area contributed by atoms with Gasteiger partial charge in [0.05, 0.1) is 12.5 Å². The molecule has 0 amide bonds. The van der Waals surface area contributed by atoms with Gasteiger partial charge in [-0.15, -0.1) is 0 Å². The van der Waals surface area contributed by atoms with Crippen LogP contribution < -0.4 is 5.73 Å². The van der Waals surface area contributed by atoms with E-state index in [1.54, 1.807) is 0 Å². The maximum Gasteiger partial charge on any atom is 0.308 e. The molecular formula is C13H23NO2. The van der Waals surface area contributed by atoms with E-state index in [4.69, 9.17) is 10.5 Å². The second-order valence-electron chi connectivity index (χ2n) is 5.40. The van der Waals surface area contributed by atoms with Crippen molar-refractivity contribution in [3.05, 3.63) is 0 Å². The minimum absolute atomic E-state index is 0.00137. The first kappa shape index (κ1) is 11.9. The van der Waals surface area contributed by atoms with Crippen molar-refractivity contribution in [1.29, 1.82) is 0 Å². The Morgan fingerprint density at radius 3 is 2.50 bits per heavy atom. The predicted molar refractivity (Wildman–Crippen MR) is 62.9 cm³/mol. The largest absolute Gasteiger partial charge is 0.465 e. The van der Waals surface area contributed by atoms with Gasteiger partial charge in [-0.3, -0.25) is 4.79 Å². The number of nitrogens with two attached hydrogens (primary N) is 1. The van der Waals surface area contributed by atoms with E-state index in [0.29, 0.717) is 12.5 Å². The average molecular weight is 225 g/mol. The Labute approximate surface area is 97.7 Å². The van der Waals surface area contributed by atoms with Crippen LogP contribution in [0.3, 0.4) is 0 Å². The normalized spacial score (nSPS) is 31.6. The molecule has 3 nitrogen and oxygen atoms in total. The van der Waals surface area contributed by atoms with Crippen LogP contribution in [0.15, 0.2) is 0 Å². The monoisotopic (exact) mass is 225 g/mol. The summed E-state index contributed by atoms with van der Waals surface area (Å²) in [5.41, 5.74) is 5.79. The second kappa shape index (κ2) is 5.67.